The third-order valence-corrected chi connectivity index (χ3v) is 3.63. The van der Waals surface area contributed by atoms with E-state index in [-0.39, 0.29) is 0 Å². The first-order valence-corrected chi connectivity index (χ1v) is 6.38. The zero-order valence-electron chi connectivity index (χ0n) is 10.2. The van der Waals surface area contributed by atoms with Crippen LogP contribution in [-0.2, 0) is 0 Å². The van der Waals surface area contributed by atoms with E-state index in [0.29, 0.717) is 0 Å². The van der Waals surface area contributed by atoms with E-state index >= 15 is 0 Å². The molecule has 0 spiro atoms. The van der Waals surface area contributed by atoms with Crippen LogP contribution in [0.3, 0.4) is 0 Å². The minimum absolute atomic E-state index is 0.831. The van der Waals surface area contributed by atoms with Crippen LogP contribution in [-0.4, -0.2) is 0 Å². The lowest BCUT2D eigenvalue weighted by atomic mass is 10.0. The summed E-state index contributed by atoms with van der Waals surface area (Å²) in [5.74, 6) is 0. The third-order valence-electron chi connectivity index (χ3n) is 3.23. The predicted octanol–water partition coefficient (Wildman–Crippen LogP) is 5.47. The fourth-order valence-corrected chi connectivity index (χ4v) is 2.53. The highest BCUT2D eigenvalue weighted by Gasteiger charge is 2.06. The SMILES string of the molecule is Cc1ccc(-c2ccc3ccccc3c2Cl)cc1. The number of fused-ring (bicyclic) bond motifs is 1. The molecule has 18 heavy (non-hydrogen) atoms. The highest BCUT2D eigenvalue weighted by atomic mass is 35.5. The van der Waals surface area contributed by atoms with Gasteiger partial charge in [0.1, 0.15) is 0 Å². The van der Waals surface area contributed by atoms with Crippen molar-refractivity contribution in [3.8, 4) is 11.1 Å². The molecule has 3 rings (SSSR count). The highest BCUT2D eigenvalue weighted by Crippen LogP contribution is 2.34. The molecule has 0 nitrogen and oxygen atoms in total. The lowest BCUT2D eigenvalue weighted by Crippen LogP contribution is -1.82. The molecule has 0 aliphatic rings. The first-order valence-electron chi connectivity index (χ1n) is 6.00. The molecule has 88 valence electrons. The Morgan fingerprint density at radius 3 is 2.28 bits per heavy atom. The number of rotatable bonds is 1. The Morgan fingerprint density at radius 1 is 0.778 bits per heavy atom. The van der Waals surface area contributed by atoms with Crippen LogP contribution in [0.15, 0.2) is 60.7 Å². The molecular formula is C17H13Cl. The van der Waals surface area contributed by atoms with E-state index in [1.807, 2.05) is 12.1 Å². The predicted molar refractivity (Wildman–Crippen MR) is 79.1 cm³/mol. The van der Waals surface area contributed by atoms with E-state index < -0.39 is 0 Å². The molecule has 0 aromatic heterocycles. The summed E-state index contributed by atoms with van der Waals surface area (Å²) >= 11 is 6.52. The summed E-state index contributed by atoms with van der Waals surface area (Å²) in [7, 11) is 0. The summed E-state index contributed by atoms with van der Waals surface area (Å²) in [6.07, 6.45) is 0. The van der Waals surface area contributed by atoms with Crippen molar-refractivity contribution < 1.29 is 0 Å². The maximum Gasteiger partial charge on any atom is 0.0562 e. The average molecular weight is 253 g/mol. The Bertz CT molecular complexity index is 696. The molecule has 0 heterocycles. The molecule has 0 aliphatic carbocycles. The quantitative estimate of drug-likeness (QED) is 0.539. The third kappa shape index (κ3) is 1.89. The van der Waals surface area contributed by atoms with Gasteiger partial charge in [0.05, 0.1) is 5.02 Å². The van der Waals surface area contributed by atoms with Gasteiger partial charge in [-0.25, -0.2) is 0 Å². The number of halogens is 1. The van der Waals surface area contributed by atoms with Crippen molar-refractivity contribution in [1.29, 1.82) is 0 Å². The Morgan fingerprint density at radius 2 is 1.50 bits per heavy atom. The van der Waals surface area contributed by atoms with Crippen molar-refractivity contribution in [2.24, 2.45) is 0 Å². The van der Waals surface area contributed by atoms with Gasteiger partial charge >= 0.3 is 0 Å². The number of aryl methyl sites for hydroxylation is 1. The van der Waals surface area contributed by atoms with Crippen molar-refractivity contribution in [3.05, 3.63) is 71.2 Å². The molecule has 0 radical (unpaired) electrons. The fourth-order valence-electron chi connectivity index (χ4n) is 2.19. The van der Waals surface area contributed by atoms with Crippen molar-refractivity contribution in [3.63, 3.8) is 0 Å². The van der Waals surface area contributed by atoms with Crippen LogP contribution in [0.5, 0.6) is 0 Å². The van der Waals surface area contributed by atoms with Gasteiger partial charge in [-0.15, -0.1) is 0 Å². The molecular weight excluding hydrogens is 240 g/mol. The first kappa shape index (κ1) is 11.3. The largest absolute Gasteiger partial charge is 0.0830 e. The van der Waals surface area contributed by atoms with E-state index in [4.69, 9.17) is 11.6 Å². The van der Waals surface area contributed by atoms with E-state index in [9.17, 15) is 0 Å². The van der Waals surface area contributed by atoms with Gasteiger partial charge in [-0.2, -0.15) is 0 Å². The second kappa shape index (κ2) is 4.47. The summed E-state index contributed by atoms with van der Waals surface area (Å²) < 4.78 is 0. The molecule has 0 aliphatic heterocycles. The molecule has 0 amide bonds. The van der Waals surface area contributed by atoms with Crippen molar-refractivity contribution in [1.82, 2.24) is 0 Å². The van der Waals surface area contributed by atoms with Gasteiger partial charge < -0.3 is 0 Å². The van der Waals surface area contributed by atoms with Crippen molar-refractivity contribution in [2.75, 3.05) is 0 Å². The Labute approximate surface area is 112 Å². The Kier molecular flexibility index (Phi) is 2.81. The molecule has 1 heteroatoms. The summed E-state index contributed by atoms with van der Waals surface area (Å²) in [4.78, 5) is 0. The van der Waals surface area contributed by atoms with Gasteiger partial charge in [-0.1, -0.05) is 77.8 Å². The number of benzene rings is 3. The van der Waals surface area contributed by atoms with Crippen LogP contribution < -0.4 is 0 Å². The van der Waals surface area contributed by atoms with E-state index in [2.05, 4.69) is 55.5 Å². The van der Waals surface area contributed by atoms with Gasteiger partial charge in [0.2, 0.25) is 0 Å². The lowest BCUT2D eigenvalue weighted by molar-refractivity contribution is 1.47. The molecule has 0 saturated heterocycles. The Hall–Kier alpha value is -1.79. The van der Waals surface area contributed by atoms with Gasteiger partial charge in [-0.3, -0.25) is 0 Å². The molecule has 0 atom stereocenters. The summed E-state index contributed by atoms with van der Waals surface area (Å²) in [5.41, 5.74) is 3.52. The van der Waals surface area contributed by atoms with E-state index in [1.54, 1.807) is 0 Å². The molecule has 3 aromatic carbocycles. The smallest absolute Gasteiger partial charge is 0.0562 e. The summed E-state index contributed by atoms with van der Waals surface area (Å²) in [6.45, 7) is 2.09. The van der Waals surface area contributed by atoms with Crippen LogP contribution in [0.4, 0.5) is 0 Å². The number of hydrogen-bond acceptors (Lipinski definition) is 0. The van der Waals surface area contributed by atoms with Crippen molar-refractivity contribution in [2.45, 2.75) is 6.92 Å². The standard InChI is InChI=1S/C17H13Cl/c1-12-6-8-14(9-7-12)16-11-10-13-4-2-3-5-15(13)17(16)18/h2-11H,1H3. The van der Waals surface area contributed by atoms with Crippen LogP contribution in [0.1, 0.15) is 5.56 Å². The molecule has 0 bridgehead atoms. The average Bonchev–Trinajstić information content (AvgIpc) is 2.41. The topological polar surface area (TPSA) is 0 Å². The number of hydrogen-bond donors (Lipinski definition) is 0. The Balaban J connectivity index is 2.24. The maximum atomic E-state index is 6.52. The minimum Gasteiger partial charge on any atom is -0.0830 e. The molecule has 0 fully saturated rings. The molecule has 0 saturated carbocycles. The van der Waals surface area contributed by atoms with Gasteiger partial charge in [0, 0.05) is 10.9 Å². The monoisotopic (exact) mass is 252 g/mol. The zero-order valence-corrected chi connectivity index (χ0v) is 10.9. The highest BCUT2D eigenvalue weighted by molar-refractivity contribution is 6.38. The molecule has 0 unspecified atom stereocenters. The molecule has 0 N–H and O–H groups in total. The second-order valence-corrected chi connectivity index (χ2v) is 4.89. The normalized spacial score (nSPS) is 10.8. The van der Waals surface area contributed by atoms with Gasteiger partial charge in [0.25, 0.3) is 0 Å². The first-order chi connectivity index (χ1) is 8.75. The van der Waals surface area contributed by atoms with Gasteiger partial charge in [-0.05, 0) is 17.9 Å². The van der Waals surface area contributed by atoms with Crippen LogP contribution in [0.2, 0.25) is 5.02 Å². The van der Waals surface area contributed by atoms with Crippen molar-refractivity contribution >= 4 is 22.4 Å². The van der Waals surface area contributed by atoms with Crippen LogP contribution in [0, 0.1) is 6.92 Å². The van der Waals surface area contributed by atoms with Crippen LogP contribution >= 0.6 is 11.6 Å². The summed E-state index contributed by atoms with van der Waals surface area (Å²) in [5, 5.41) is 3.12. The zero-order chi connectivity index (χ0) is 12.5. The maximum absolute atomic E-state index is 6.52. The fraction of sp³-hybridized carbons (Fsp3) is 0.0588. The summed E-state index contributed by atoms with van der Waals surface area (Å²) in [6, 6.07) is 20.9. The molecule has 3 aromatic rings. The second-order valence-electron chi connectivity index (χ2n) is 4.51. The minimum atomic E-state index is 0.831. The van der Waals surface area contributed by atoms with E-state index in [1.165, 1.54) is 10.9 Å². The lowest BCUT2D eigenvalue weighted by Gasteiger charge is -2.08. The van der Waals surface area contributed by atoms with E-state index in [0.717, 1.165) is 21.5 Å². The van der Waals surface area contributed by atoms with Crippen LogP contribution in [0.25, 0.3) is 21.9 Å². The van der Waals surface area contributed by atoms with Gasteiger partial charge in [0.15, 0.2) is 0 Å².